The monoisotopic (exact) mass is 228 g/mol. The maximum absolute atomic E-state index is 11.6. The van der Waals surface area contributed by atoms with E-state index in [1.54, 1.807) is 0 Å². The molecule has 16 heavy (non-hydrogen) atoms. The Morgan fingerprint density at radius 3 is 2.88 bits per heavy atom. The van der Waals surface area contributed by atoms with Crippen molar-refractivity contribution >= 4 is 12.0 Å². The summed E-state index contributed by atoms with van der Waals surface area (Å²) in [5.41, 5.74) is 0. The first-order valence-corrected chi connectivity index (χ1v) is 5.95. The van der Waals surface area contributed by atoms with Crippen LogP contribution in [0.2, 0.25) is 0 Å². The van der Waals surface area contributed by atoms with Crippen molar-refractivity contribution in [2.45, 2.75) is 45.1 Å². The minimum Gasteiger partial charge on any atom is -0.449 e. The van der Waals surface area contributed by atoms with Crippen LogP contribution in [-0.2, 0) is 9.53 Å². The number of carbonyl (C=O) groups excluding carboxylic acids is 2. The number of carbonyl (C=O) groups is 2. The van der Waals surface area contributed by atoms with Crippen LogP contribution in [0.5, 0.6) is 0 Å². The van der Waals surface area contributed by atoms with Gasteiger partial charge in [0.05, 0.1) is 12.6 Å². The normalized spacial score (nSPS) is 20.2. The molecule has 1 aliphatic rings. The summed E-state index contributed by atoms with van der Waals surface area (Å²) in [6, 6.07) is -0.243. The Bertz CT molecular complexity index is 237. The zero-order valence-electron chi connectivity index (χ0n) is 9.75. The lowest BCUT2D eigenvalue weighted by Gasteiger charge is -2.21. The number of nitrogens with one attached hydrogen (secondary N) is 2. The van der Waals surface area contributed by atoms with Crippen molar-refractivity contribution in [3.63, 3.8) is 0 Å². The summed E-state index contributed by atoms with van der Waals surface area (Å²) < 4.78 is 4.85. The molecule has 1 heterocycles. The molecule has 2 N–H and O–H groups in total. The fourth-order valence-corrected chi connectivity index (χ4v) is 1.61. The Labute approximate surface area is 95.9 Å². The molecule has 0 aromatic heterocycles. The average Bonchev–Trinajstić information content (AvgIpc) is 2.30. The second kappa shape index (κ2) is 7.22. The van der Waals surface area contributed by atoms with Crippen LogP contribution in [0.25, 0.3) is 0 Å². The van der Waals surface area contributed by atoms with Crippen LogP contribution in [0, 0.1) is 0 Å². The summed E-state index contributed by atoms with van der Waals surface area (Å²) in [5.74, 6) is -0.277. The van der Waals surface area contributed by atoms with Gasteiger partial charge in [-0.25, -0.2) is 4.79 Å². The van der Waals surface area contributed by atoms with Gasteiger partial charge < -0.3 is 10.1 Å². The van der Waals surface area contributed by atoms with Crippen LogP contribution in [-0.4, -0.2) is 31.2 Å². The van der Waals surface area contributed by atoms with Crippen LogP contribution in [0.3, 0.4) is 0 Å². The van der Waals surface area contributed by atoms with Gasteiger partial charge >= 0.3 is 6.09 Å². The molecule has 1 rings (SSSR count). The standard InChI is InChI=1S/C11H20N2O3/c1-2-3-8-16-11(15)13-10(14)9-6-4-5-7-12-9/h9,12H,2-8H2,1H3,(H,13,14,15). The zero-order valence-corrected chi connectivity index (χ0v) is 9.75. The molecule has 5 nitrogen and oxygen atoms in total. The van der Waals surface area contributed by atoms with Crippen LogP contribution in [0.15, 0.2) is 0 Å². The number of rotatable bonds is 4. The van der Waals surface area contributed by atoms with Crippen LogP contribution < -0.4 is 10.6 Å². The summed E-state index contributed by atoms with van der Waals surface area (Å²) in [4.78, 5) is 22.8. The Morgan fingerprint density at radius 2 is 2.25 bits per heavy atom. The van der Waals surface area contributed by atoms with Crippen molar-refractivity contribution in [3.8, 4) is 0 Å². The zero-order chi connectivity index (χ0) is 11.8. The lowest BCUT2D eigenvalue weighted by atomic mass is 10.0. The second-order valence-electron chi connectivity index (χ2n) is 3.98. The molecular formula is C11H20N2O3. The van der Waals surface area contributed by atoms with Gasteiger partial charge in [0.2, 0.25) is 5.91 Å². The minimum absolute atomic E-state index is 0.243. The van der Waals surface area contributed by atoms with E-state index in [9.17, 15) is 9.59 Å². The molecule has 1 fully saturated rings. The molecule has 1 atom stereocenters. The van der Waals surface area contributed by atoms with E-state index >= 15 is 0 Å². The molecule has 92 valence electrons. The predicted molar refractivity (Wildman–Crippen MR) is 60.0 cm³/mol. The second-order valence-corrected chi connectivity index (χ2v) is 3.98. The van der Waals surface area contributed by atoms with Gasteiger partial charge in [-0.05, 0) is 25.8 Å². The highest BCUT2D eigenvalue weighted by Gasteiger charge is 2.22. The highest BCUT2D eigenvalue weighted by Crippen LogP contribution is 2.06. The first kappa shape index (κ1) is 13.0. The fourth-order valence-electron chi connectivity index (χ4n) is 1.61. The Hall–Kier alpha value is -1.10. The molecular weight excluding hydrogens is 208 g/mol. The van der Waals surface area contributed by atoms with Crippen molar-refractivity contribution in [2.24, 2.45) is 0 Å². The molecule has 0 saturated carbocycles. The number of piperidine rings is 1. The predicted octanol–water partition coefficient (Wildman–Crippen LogP) is 1.18. The number of imide groups is 1. The molecule has 1 saturated heterocycles. The molecule has 0 aliphatic carbocycles. The molecule has 1 aliphatic heterocycles. The minimum atomic E-state index is -0.633. The van der Waals surface area contributed by atoms with Gasteiger partial charge in [-0.3, -0.25) is 10.1 Å². The Morgan fingerprint density at radius 1 is 1.44 bits per heavy atom. The van der Waals surface area contributed by atoms with Gasteiger partial charge in [0.25, 0.3) is 0 Å². The first-order chi connectivity index (χ1) is 7.74. The van der Waals surface area contributed by atoms with E-state index in [0.29, 0.717) is 6.61 Å². The molecule has 0 spiro atoms. The summed E-state index contributed by atoms with van der Waals surface area (Å²) >= 11 is 0. The van der Waals surface area contributed by atoms with Crippen molar-refractivity contribution in [3.05, 3.63) is 0 Å². The van der Waals surface area contributed by atoms with Crippen LogP contribution in [0.1, 0.15) is 39.0 Å². The van der Waals surface area contributed by atoms with Crippen molar-refractivity contribution in [1.29, 1.82) is 0 Å². The summed E-state index contributed by atoms with van der Waals surface area (Å²) in [5, 5.41) is 5.32. The molecule has 2 amide bonds. The number of amides is 2. The number of unbranched alkanes of at least 4 members (excludes halogenated alkanes) is 1. The third kappa shape index (κ3) is 4.61. The summed E-state index contributed by atoms with van der Waals surface area (Å²) in [6.45, 7) is 3.22. The quantitative estimate of drug-likeness (QED) is 0.709. The van der Waals surface area contributed by atoms with Crippen LogP contribution >= 0.6 is 0 Å². The molecule has 5 heteroatoms. The number of hydrogen-bond acceptors (Lipinski definition) is 4. The largest absolute Gasteiger partial charge is 0.449 e. The van der Waals surface area contributed by atoms with E-state index in [2.05, 4.69) is 10.6 Å². The first-order valence-electron chi connectivity index (χ1n) is 5.95. The highest BCUT2D eigenvalue weighted by molar-refractivity contribution is 5.94. The average molecular weight is 228 g/mol. The van der Waals surface area contributed by atoms with Crippen molar-refractivity contribution in [1.82, 2.24) is 10.6 Å². The van der Waals surface area contributed by atoms with E-state index in [1.165, 1.54) is 0 Å². The van der Waals surface area contributed by atoms with E-state index in [-0.39, 0.29) is 11.9 Å². The Kier molecular flexibility index (Phi) is 5.85. The SMILES string of the molecule is CCCCOC(=O)NC(=O)C1CCCCN1. The lowest BCUT2D eigenvalue weighted by molar-refractivity contribution is -0.123. The van der Waals surface area contributed by atoms with Gasteiger partial charge in [-0.1, -0.05) is 19.8 Å². The maximum Gasteiger partial charge on any atom is 0.413 e. The third-order valence-electron chi connectivity index (χ3n) is 2.58. The van der Waals surface area contributed by atoms with Crippen LogP contribution in [0.4, 0.5) is 4.79 Å². The molecule has 1 unspecified atom stereocenters. The number of ether oxygens (including phenoxy) is 1. The smallest absolute Gasteiger partial charge is 0.413 e. The topological polar surface area (TPSA) is 67.4 Å². The van der Waals surface area contributed by atoms with E-state index in [1.807, 2.05) is 6.92 Å². The molecule has 0 radical (unpaired) electrons. The van der Waals surface area contributed by atoms with Gasteiger partial charge in [0.15, 0.2) is 0 Å². The van der Waals surface area contributed by atoms with E-state index in [4.69, 9.17) is 4.74 Å². The van der Waals surface area contributed by atoms with Gasteiger partial charge in [-0.15, -0.1) is 0 Å². The fraction of sp³-hybridized carbons (Fsp3) is 0.818. The Balaban J connectivity index is 2.19. The number of alkyl carbamates (subject to hydrolysis) is 1. The third-order valence-corrected chi connectivity index (χ3v) is 2.58. The van der Waals surface area contributed by atoms with Crippen molar-refractivity contribution in [2.75, 3.05) is 13.2 Å². The lowest BCUT2D eigenvalue weighted by Crippen LogP contribution is -2.48. The van der Waals surface area contributed by atoms with Gasteiger partial charge in [0, 0.05) is 0 Å². The molecule has 0 aromatic rings. The summed E-state index contributed by atoms with van der Waals surface area (Å²) in [6.07, 6.45) is 4.05. The van der Waals surface area contributed by atoms with Crippen molar-refractivity contribution < 1.29 is 14.3 Å². The van der Waals surface area contributed by atoms with Gasteiger partial charge in [-0.2, -0.15) is 0 Å². The number of hydrogen-bond donors (Lipinski definition) is 2. The molecule has 0 aromatic carbocycles. The summed E-state index contributed by atoms with van der Waals surface area (Å²) in [7, 11) is 0. The maximum atomic E-state index is 11.6. The highest BCUT2D eigenvalue weighted by atomic mass is 16.5. The van der Waals surface area contributed by atoms with E-state index < -0.39 is 6.09 Å². The van der Waals surface area contributed by atoms with E-state index in [0.717, 1.165) is 38.6 Å². The molecule has 0 bridgehead atoms. The van der Waals surface area contributed by atoms with Gasteiger partial charge in [0.1, 0.15) is 0 Å².